The van der Waals surface area contributed by atoms with Crippen LogP contribution in [0.4, 0.5) is 0 Å². The molecule has 0 spiro atoms. The number of likely N-dealkylation sites (tertiary alicyclic amines) is 1. The molecule has 2 heteroatoms. The summed E-state index contributed by atoms with van der Waals surface area (Å²) in [5.74, 6) is 1.80. The molecule has 1 saturated heterocycles. The number of piperidine rings is 1. The Labute approximate surface area is 108 Å². The second-order valence-electron chi connectivity index (χ2n) is 6.20. The summed E-state index contributed by atoms with van der Waals surface area (Å²) in [7, 11) is 2.25. The second-order valence-corrected chi connectivity index (χ2v) is 6.20. The van der Waals surface area contributed by atoms with E-state index in [0.29, 0.717) is 0 Å². The lowest BCUT2D eigenvalue weighted by Gasteiger charge is -2.32. The number of hydrogen-bond acceptors (Lipinski definition) is 2. The Morgan fingerprint density at radius 3 is 2.41 bits per heavy atom. The summed E-state index contributed by atoms with van der Waals surface area (Å²) in [5, 5.41) is 0. The predicted molar refractivity (Wildman–Crippen MR) is 76.4 cm³/mol. The molecule has 0 aromatic rings. The molecule has 0 unspecified atom stereocenters. The van der Waals surface area contributed by atoms with E-state index in [9.17, 15) is 0 Å². The maximum absolute atomic E-state index is 2.66. The second kappa shape index (κ2) is 8.10. The summed E-state index contributed by atoms with van der Waals surface area (Å²) in [4.78, 5) is 5.14. The van der Waals surface area contributed by atoms with Gasteiger partial charge in [-0.1, -0.05) is 27.2 Å². The SMILES string of the molecule is CCC1CCN(CCCN(C)CC(C)C)CC1. The third-order valence-corrected chi connectivity index (χ3v) is 3.98. The molecule has 1 aliphatic heterocycles. The molecule has 1 aliphatic rings. The van der Waals surface area contributed by atoms with Crippen molar-refractivity contribution in [3.8, 4) is 0 Å². The van der Waals surface area contributed by atoms with Gasteiger partial charge in [0.2, 0.25) is 0 Å². The first-order valence-corrected chi connectivity index (χ1v) is 7.52. The summed E-state index contributed by atoms with van der Waals surface area (Å²) in [6.45, 7) is 13.4. The molecule has 0 N–H and O–H groups in total. The third-order valence-electron chi connectivity index (χ3n) is 3.98. The molecular formula is C15H32N2. The summed E-state index contributed by atoms with van der Waals surface area (Å²) >= 11 is 0. The van der Waals surface area contributed by atoms with Gasteiger partial charge in [-0.3, -0.25) is 0 Å². The molecule has 0 atom stereocenters. The van der Waals surface area contributed by atoms with E-state index in [1.54, 1.807) is 0 Å². The van der Waals surface area contributed by atoms with E-state index in [2.05, 4.69) is 37.6 Å². The van der Waals surface area contributed by atoms with Gasteiger partial charge in [-0.15, -0.1) is 0 Å². The van der Waals surface area contributed by atoms with Crippen LogP contribution in [0.5, 0.6) is 0 Å². The first kappa shape index (κ1) is 15.0. The minimum absolute atomic E-state index is 0.792. The van der Waals surface area contributed by atoms with Crippen molar-refractivity contribution in [3.05, 3.63) is 0 Å². The Kier molecular flexibility index (Phi) is 7.14. The number of rotatable bonds is 7. The van der Waals surface area contributed by atoms with E-state index in [0.717, 1.165) is 11.8 Å². The van der Waals surface area contributed by atoms with Crippen LogP contribution < -0.4 is 0 Å². The Hall–Kier alpha value is -0.0800. The minimum Gasteiger partial charge on any atom is -0.306 e. The molecule has 0 amide bonds. The molecule has 0 aromatic carbocycles. The lowest BCUT2D eigenvalue weighted by Crippen LogP contribution is -2.35. The van der Waals surface area contributed by atoms with Crippen molar-refractivity contribution in [1.82, 2.24) is 9.80 Å². The predicted octanol–water partition coefficient (Wildman–Crippen LogP) is 3.09. The molecule has 2 nitrogen and oxygen atoms in total. The average Bonchev–Trinajstić information content (AvgIpc) is 2.29. The maximum atomic E-state index is 2.66. The summed E-state index contributed by atoms with van der Waals surface area (Å²) in [5.41, 5.74) is 0. The Morgan fingerprint density at radius 1 is 1.24 bits per heavy atom. The highest BCUT2D eigenvalue weighted by atomic mass is 15.1. The maximum Gasteiger partial charge on any atom is 0.000134 e. The van der Waals surface area contributed by atoms with Gasteiger partial charge in [0.15, 0.2) is 0 Å². The van der Waals surface area contributed by atoms with Crippen molar-refractivity contribution in [2.45, 2.75) is 46.5 Å². The molecule has 0 bridgehead atoms. The Bertz CT molecular complexity index is 183. The molecule has 0 aliphatic carbocycles. The van der Waals surface area contributed by atoms with Crippen molar-refractivity contribution in [2.24, 2.45) is 11.8 Å². The van der Waals surface area contributed by atoms with Crippen LogP contribution in [-0.4, -0.2) is 49.6 Å². The Balaban J connectivity index is 2.03. The molecule has 17 heavy (non-hydrogen) atoms. The zero-order chi connectivity index (χ0) is 12.7. The van der Waals surface area contributed by atoms with Crippen molar-refractivity contribution in [2.75, 3.05) is 39.8 Å². The standard InChI is InChI=1S/C15H32N2/c1-5-15-7-11-17(12-8-15)10-6-9-16(4)13-14(2)3/h14-15H,5-13H2,1-4H3. The molecule has 102 valence electrons. The van der Waals surface area contributed by atoms with Crippen LogP contribution in [0.2, 0.25) is 0 Å². The number of hydrogen-bond donors (Lipinski definition) is 0. The van der Waals surface area contributed by atoms with E-state index in [1.807, 2.05) is 0 Å². The Morgan fingerprint density at radius 2 is 1.88 bits per heavy atom. The first-order chi connectivity index (χ1) is 8.11. The lowest BCUT2D eigenvalue weighted by molar-refractivity contribution is 0.171. The van der Waals surface area contributed by atoms with Gasteiger partial charge in [-0.25, -0.2) is 0 Å². The third kappa shape index (κ3) is 6.42. The molecule has 0 aromatic heterocycles. The fraction of sp³-hybridized carbons (Fsp3) is 1.00. The summed E-state index contributed by atoms with van der Waals surface area (Å²) in [6, 6.07) is 0. The van der Waals surface area contributed by atoms with Gasteiger partial charge in [0.1, 0.15) is 0 Å². The summed E-state index contributed by atoms with van der Waals surface area (Å²) < 4.78 is 0. The van der Waals surface area contributed by atoms with Crippen molar-refractivity contribution >= 4 is 0 Å². The monoisotopic (exact) mass is 240 g/mol. The van der Waals surface area contributed by atoms with E-state index in [4.69, 9.17) is 0 Å². The normalized spacial score (nSPS) is 19.4. The van der Waals surface area contributed by atoms with Gasteiger partial charge in [-0.05, 0) is 64.3 Å². The average molecular weight is 240 g/mol. The molecule has 1 fully saturated rings. The van der Waals surface area contributed by atoms with Crippen LogP contribution in [0.15, 0.2) is 0 Å². The van der Waals surface area contributed by atoms with Gasteiger partial charge in [0.25, 0.3) is 0 Å². The minimum atomic E-state index is 0.792. The smallest absolute Gasteiger partial charge is 0.000134 e. The zero-order valence-electron chi connectivity index (χ0n) is 12.4. The van der Waals surface area contributed by atoms with Gasteiger partial charge < -0.3 is 9.80 Å². The quantitative estimate of drug-likeness (QED) is 0.675. The van der Waals surface area contributed by atoms with Crippen LogP contribution in [0.25, 0.3) is 0 Å². The van der Waals surface area contributed by atoms with Crippen LogP contribution in [0.3, 0.4) is 0 Å². The highest BCUT2D eigenvalue weighted by Gasteiger charge is 2.17. The highest BCUT2D eigenvalue weighted by molar-refractivity contribution is 4.71. The zero-order valence-corrected chi connectivity index (χ0v) is 12.4. The molecular weight excluding hydrogens is 208 g/mol. The molecule has 1 rings (SSSR count). The van der Waals surface area contributed by atoms with Gasteiger partial charge in [0, 0.05) is 6.54 Å². The van der Waals surface area contributed by atoms with Crippen molar-refractivity contribution in [3.63, 3.8) is 0 Å². The molecule has 0 radical (unpaired) electrons. The fourth-order valence-corrected chi connectivity index (χ4v) is 2.90. The first-order valence-electron chi connectivity index (χ1n) is 7.52. The largest absolute Gasteiger partial charge is 0.306 e. The fourth-order valence-electron chi connectivity index (χ4n) is 2.90. The van der Waals surface area contributed by atoms with Crippen LogP contribution in [-0.2, 0) is 0 Å². The number of nitrogens with zero attached hydrogens (tertiary/aromatic N) is 2. The van der Waals surface area contributed by atoms with Crippen LogP contribution in [0.1, 0.15) is 46.5 Å². The summed E-state index contributed by atoms with van der Waals surface area (Å²) in [6.07, 6.45) is 5.57. The van der Waals surface area contributed by atoms with E-state index in [1.165, 1.54) is 58.4 Å². The molecule has 1 heterocycles. The van der Waals surface area contributed by atoms with Crippen molar-refractivity contribution < 1.29 is 0 Å². The van der Waals surface area contributed by atoms with Gasteiger partial charge in [0.05, 0.1) is 0 Å². The molecule has 0 saturated carbocycles. The van der Waals surface area contributed by atoms with Gasteiger partial charge in [-0.2, -0.15) is 0 Å². The van der Waals surface area contributed by atoms with E-state index in [-0.39, 0.29) is 0 Å². The van der Waals surface area contributed by atoms with E-state index >= 15 is 0 Å². The topological polar surface area (TPSA) is 6.48 Å². The van der Waals surface area contributed by atoms with Gasteiger partial charge >= 0.3 is 0 Å². The highest BCUT2D eigenvalue weighted by Crippen LogP contribution is 2.19. The lowest BCUT2D eigenvalue weighted by atomic mass is 9.94. The van der Waals surface area contributed by atoms with Crippen LogP contribution >= 0.6 is 0 Å². The van der Waals surface area contributed by atoms with Crippen LogP contribution in [0, 0.1) is 11.8 Å². The van der Waals surface area contributed by atoms with E-state index < -0.39 is 0 Å². The van der Waals surface area contributed by atoms with Crippen molar-refractivity contribution in [1.29, 1.82) is 0 Å².